The molecule has 0 aromatic carbocycles. The van der Waals surface area contributed by atoms with Crippen molar-refractivity contribution in [3.05, 3.63) is 27.7 Å². The Morgan fingerprint density at radius 2 is 2.12 bits per heavy atom. The lowest BCUT2D eigenvalue weighted by atomic mass is 10.2. The highest BCUT2D eigenvalue weighted by Gasteiger charge is 2.15. The number of guanidine groups is 1. The minimum absolute atomic E-state index is 0.464. The first-order chi connectivity index (χ1) is 11.7. The Hall–Kier alpha value is -1.96. The highest BCUT2D eigenvalue weighted by atomic mass is 32.1. The first-order valence-electron chi connectivity index (χ1n) is 8.47. The molecule has 2 aromatic heterocycles. The molecule has 3 heterocycles. The number of hydrogen-bond donors (Lipinski definition) is 2. The molecule has 0 saturated carbocycles. The van der Waals surface area contributed by atoms with Crippen LogP contribution in [0.4, 0.5) is 0 Å². The highest BCUT2D eigenvalue weighted by Crippen LogP contribution is 2.17. The zero-order valence-corrected chi connectivity index (χ0v) is 15.4. The Bertz CT molecular complexity index is 701. The summed E-state index contributed by atoms with van der Waals surface area (Å²) in [7, 11) is 1.77. The molecule has 0 spiro atoms. The van der Waals surface area contributed by atoms with Gasteiger partial charge in [0.05, 0.1) is 18.8 Å². The van der Waals surface area contributed by atoms with E-state index in [0.29, 0.717) is 19.0 Å². The predicted octanol–water partition coefficient (Wildman–Crippen LogP) is 2.06. The second kappa shape index (κ2) is 7.74. The zero-order valence-electron chi connectivity index (χ0n) is 14.5. The smallest absolute Gasteiger partial charge is 0.191 e. The van der Waals surface area contributed by atoms with E-state index in [1.54, 1.807) is 18.4 Å². The van der Waals surface area contributed by atoms with Crippen LogP contribution in [0, 0.1) is 0 Å². The van der Waals surface area contributed by atoms with Crippen LogP contribution in [0.2, 0.25) is 0 Å². The molecule has 24 heavy (non-hydrogen) atoms. The molecule has 8 heteroatoms. The third-order valence-corrected chi connectivity index (χ3v) is 5.01. The number of aliphatic imine (C=N–C) groups is 1. The van der Waals surface area contributed by atoms with E-state index in [-0.39, 0.29) is 0 Å². The number of hydrogen-bond acceptors (Lipinski definition) is 5. The van der Waals surface area contributed by atoms with Crippen molar-refractivity contribution in [2.75, 3.05) is 7.05 Å². The Morgan fingerprint density at radius 3 is 2.88 bits per heavy atom. The van der Waals surface area contributed by atoms with Crippen molar-refractivity contribution in [3.63, 3.8) is 0 Å². The van der Waals surface area contributed by atoms with Gasteiger partial charge in [-0.05, 0) is 18.8 Å². The molecule has 2 N–H and O–H groups in total. The molecule has 1 aliphatic heterocycles. The summed E-state index contributed by atoms with van der Waals surface area (Å²) in [4.78, 5) is 8.90. The lowest BCUT2D eigenvalue weighted by Gasteiger charge is -2.15. The fourth-order valence-corrected chi connectivity index (χ4v) is 3.61. The standard InChI is InChI=1S/C16H25N7S/c1-11(2)12-10-24-15(20-12)9-19-16(17-3)18-8-14-22-21-13-6-4-5-7-23(13)14/h10-11H,4-9H2,1-3H3,(H2,17,18,19). The summed E-state index contributed by atoms with van der Waals surface area (Å²) in [6.45, 7) is 6.64. The van der Waals surface area contributed by atoms with Gasteiger partial charge in [0.15, 0.2) is 11.8 Å². The number of nitrogens with zero attached hydrogens (tertiary/aromatic N) is 5. The molecule has 0 saturated heterocycles. The van der Waals surface area contributed by atoms with Crippen molar-refractivity contribution in [2.45, 2.75) is 58.7 Å². The maximum Gasteiger partial charge on any atom is 0.191 e. The largest absolute Gasteiger partial charge is 0.350 e. The van der Waals surface area contributed by atoms with Crippen LogP contribution in [0.1, 0.15) is 55.0 Å². The van der Waals surface area contributed by atoms with Gasteiger partial charge in [-0.2, -0.15) is 0 Å². The number of aromatic nitrogens is 4. The number of rotatable bonds is 5. The Balaban J connectivity index is 1.52. The quantitative estimate of drug-likeness (QED) is 0.639. The molecular weight excluding hydrogens is 322 g/mol. The molecule has 0 radical (unpaired) electrons. The number of fused-ring (bicyclic) bond motifs is 1. The van der Waals surface area contributed by atoms with Crippen molar-refractivity contribution in [1.82, 2.24) is 30.4 Å². The van der Waals surface area contributed by atoms with E-state index in [1.165, 1.54) is 12.8 Å². The van der Waals surface area contributed by atoms with Crippen molar-refractivity contribution in [3.8, 4) is 0 Å². The highest BCUT2D eigenvalue weighted by molar-refractivity contribution is 7.09. The SMILES string of the molecule is CN=C(NCc1nc(C(C)C)cs1)NCc1nnc2n1CCCC2. The van der Waals surface area contributed by atoms with Gasteiger partial charge in [0.25, 0.3) is 0 Å². The summed E-state index contributed by atoms with van der Waals surface area (Å²) < 4.78 is 2.22. The van der Waals surface area contributed by atoms with E-state index in [9.17, 15) is 0 Å². The van der Waals surface area contributed by atoms with Crippen molar-refractivity contribution >= 4 is 17.3 Å². The minimum atomic E-state index is 0.464. The normalized spacial score (nSPS) is 14.8. The predicted molar refractivity (Wildman–Crippen MR) is 96.2 cm³/mol. The van der Waals surface area contributed by atoms with Gasteiger partial charge in [-0.3, -0.25) is 4.99 Å². The van der Waals surface area contributed by atoms with Crippen LogP contribution >= 0.6 is 11.3 Å². The van der Waals surface area contributed by atoms with Crippen LogP contribution < -0.4 is 10.6 Å². The first kappa shape index (κ1) is 16.9. The van der Waals surface area contributed by atoms with E-state index in [4.69, 9.17) is 0 Å². The van der Waals surface area contributed by atoms with Crippen molar-refractivity contribution in [2.24, 2.45) is 4.99 Å². The number of thiazole rings is 1. The van der Waals surface area contributed by atoms with Crippen LogP contribution in [0.3, 0.4) is 0 Å². The molecule has 0 fully saturated rings. The van der Waals surface area contributed by atoms with Gasteiger partial charge in [0, 0.05) is 25.4 Å². The Labute approximate surface area is 146 Å². The summed E-state index contributed by atoms with van der Waals surface area (Å²) >= 11 is 1.68. The van der Waals surface area contributed by atoms with Gasteiger partial charge in [-0.15, -0.1) is 21.5 Å². The third-order valence-electron chi connectivity index (χ3n) is 4.14. The average Bonchev–Trinajstić information content (AvgIpc) is 3.22. The molecule has 2 aromatic rings. The fourth-order valence-electron chi connectivity index (χ4n) is 2.71. The topological polar surface area (TPSA) is 80.0 Å². The van der Waals surface area contributed by atoms with E-state index in [0.717, 1.165) is 41.3 Å². The lowest BCUT2D eigenvalue weighted by molar-refractivity contribution is 0.504. The van der Waals surface area contributed by atoms with Crippen LogP contribution in [-0.4, -0.2) is 32.8 Å². The first-order valence-corrected chi connectivity index (χ1v) is 9.35. The summed E-state index contributed by atoms with van der Waals surface area (Å²) in [5, 5.41) is 18.4. The van der Waals surface area contributed by atoms with Gasteiger partial charge in [0.1, 0.15) is 10.8 Å². The monoisotopic (exact) mass is 347 g/mol. The van der Waals surface area contributed by atoms with E-state index >= 15 is 0 Å². The zero-order chi connectivity index (χ0) is 16.9. The van der Waals surface area contributed by atoms with Gasteiger partial charge < -0.3 is 15.2 Å². The molecule has 0 atom stereocenters. The van der Waals surface area contributed by atoms with E-state index < -0.39 is 0 Å². The Kier molecular flexibility index (Phi) is 5.44. The minimum Gasteiger partial charge on any atom is -0.350 e. The molecule has 1 aliphatic rings. The van der Waals surface area contributed by atoms with Crippen LogP contribution in [0.25, 0.3) is 0 Å². The molecule has 0 unspecified atom stereocenters. The Morgan fingerprint density at radius 1 is 1.29 bits per heavy atom. The summed E-state index contributed by atoms with van der Waals surface area (Å²) in [6, 6.07) is 0. The van der Waals surface area contributed by atoms with E-state index in [2.05, 4.69) is 54.6 Å². The number of nitrogens with one attached hydrogen (secondary N) is 2. The second-order valence-corrected chi connectivity index (χ2v) is 7.18. The molecule has 130 valence electrons. The average molecular weight is 347 g/mol. The molecule has 7 nitrogen and oxygen atoms in total. The molecule has 0 bridgehead atoms. The van der Waals surface area contributed by atoms with E-state index in [1.807, 2.05) is 0 Å². The van der Waals surface area contributed by atoms with Crippen LogP contribution in [0.5, 0.6) is 0 Å². The van der Waals surface area contributed by atoms with Gasteiger partial charge in [-0.1, -0.05) is 13.8 Å². The molecule has 0 amide bonds. The summed E-state index contributed by atoms with van der Waals surface area (Å²) in [6.07, 6.45) is 3.44. The van der Waals surface area contributed by atoms with Gasteiger partial charge >= 0.3 is 0 Å². The summed E-state index contributed by atoms with van der Waals surface area (Å²) in [5.41, 5.74) is 1.15. The van der Waals surface area contributed by atoms with Gasteiger partial charge in [0.2, 0.25) is 0 Å². The van der Waals surface area contributed by atoms with Crippen molar-refractivity contribution < 1.29 is 0 Å². The molecular formula is C16H25N7S. The second-order valence-electron chi connectivity index (χ2n) is 6.24. The fraction of sp³-hybridized carbons (Fsp3) is 0.625. The maximum absolute atomic E-state index is 4.63. The molecule has 3 rings (SSSR count). The summed E-state index contributed by atoms with van der Waals surface area (Å²) in [5.74, 6) is 3.30. The van der Waals surface area contributed by atoms with Crippen LogP contribution in [-0.2, 0) is 26.1 Å². The van der Waals surface area contributed by atoms with Gasteiger partial charge in [-0.25, -0.2) is 4.98 Å². The lowest BCUT2D eigenvalue weighted by Crippen LogP contribution is -2.37. The molecule has 0 aliphatic carbocycles. The van der Waals surface area contributed by atoms with Crippen molar-refractivity contribution in [1.29, 1.82) is 0 Å². The maximum atomic E-state index is 4.63. The number of aryl methyl sites for hydroxylation is 1. The third kappa shape index (κ3) is 3.92. The van der Waals surface area contributed by atoms with Crippen LogP contribution in [0.15, 0.2) is 10.4 Å².